The summed E-state index contributed by atoms with van der Waals surface area (Å²) in [5.41, 5.74) is 0.530. The van der Waals surface area contributed by atoms with E-state index in [1.807, 2.05) is 0 Å². The fourth-order valence-electron chi connectivity index (χ4n) is 4.46. The second-order valence-electron chi connectivity index (χ2n) is 7.92. The van der Waals surface area contributed by atoms with Crippen molar-refractivity contribution in [1.29, 1.82) is 0 Å². The fourth-order valence-corrected chi connectivity index (χ4v) is 4.46. The van der Waals surface area contributed by atoms with Gasteiger partial charge in [-0.15, -0.1) is 0 Å². The number of likely N-dealkylation sites (N-methyl/N-ethyl adjacent to an activating group) is 1. The quantitative estimate of drug-likeness (QED) is 0.834. The normalized spacial score (nSPS) is 39.6. The molecule has 2 aliphatic rings. The van der Waals surface area contributed by atoms with Crippen molar-refractivity contribution in [3.05, 3.63) is 0 Å². The van der Waals surface area contributed by atoms with Gasteiger partial charge in [0.25, 0.3) is 0 Å². The summed E-state index contributed by atoms with van der Waals surface area (Å²) in [6.07, 6.45) is 5.66. The highest BCUT2D eigenvalue weighted by molar-refractivity contribution is 4.94. The lowest BCUT2D eigenvalue weighted by Crippen LogP contribution is -2.45. The Morgan fingerprint density at radius 1 is 1.15 bits per heavy atom. The van der Waals surface area contributed by atoms with Crippen LogP contribution in [0.25, 0.3) is 0 Å². The number of nitrogens with zero attached hydrogens (tertiary/aromatic N) is 2. The van der Waals surface area contributed by atoms with Crippen LogP contribution < -0.4 is 5.32 Å². The Kier molecular flexibility index (Phi) is 5.49. The summed E-state index contributed by atoms with van der Waals surface area (Å²) in [7, 11) is 6.58. The largest absolute Gasteiger partial charge is 0.319 e. The van der Waals surface area contributed by atoms with Crippen LogP contribution in [0.3, 0.4) is 0 Å². The number of rotatable bonds is 5. The third-order valence-corrected chi connectivity index (χ3v) is 5.76. The molecule has 1 aliphatic heterocycles. The first-order valence-corrected chi connectivity index (χ1v) is 8.49. The molecule has 1 saturated heterocycles. The molecule has 1 saturated carbocycles. The van der Waals surface area contributed by atoms with E-state index in [0.717, 1.165) is 17.9 Å². The first-order chi connectivity index (χ1) is 9.46. The van der Waals surface area contributed by atoms with E-state index >= 15 is 0 Å². The Hall–Kier alpha value is -0.120. The van der Waals surface area contributed by atoms with Crippen molar-refractivity contribution in [1.82, 2.24) is 15.1 Å². The molecule has 1 N–H and O–H groups in total. The molecule has 2 unspecified atom stereocenters. The summed E-state index contributed by atoms with van der Waals surface area (Å²) in [5, 5.41) is 3.48. The summed E-state index contributed by atoms with van der Waals surface area (Å²) >= 11 is 0. The maximum absolute atomic E-state index is 3.48. The van der Waals surface area contributed by atoms with Crippen molar-refractivity contribution in [2.45, 2.75) is 45.6 Å². The first-order valence-electron chi connectivity index (χ1n) is 8.49. The second kappa shape index (κ2) is 6.76. The van der Waals surface area contributed by atoms with E-state index in [2.05, 4.69) is 50.1 Å². The molecule has 0 aromatic rings. The minimum absolute atomic E-state index is 0.530. The van der Waals surface area contributed by atoms with Crippen LogP contribution in [-0.4, -0.2) is 63.2 Å². The number of hydrogen-bond donors (Lipinski definition) is 1. The molecule has 1 aliphatic carbocycles. The molecule has 0 spiro atoms. The van der Waals surface area contributed by atoms with Gasteiger partial charge in [-0.25, -0.2) is 0 Å². The lowest BCUT2D eigenvalue weighted by atomic mass is 9.70. The summed E-state index contributed by atoms with van der Waals surface area (Å²) < 4.78 is 0. The molecule has 118 valence electrons. The molecular formula is C17H35N3. The zero-order valence-corrected chi connectivity index (χ0v) is 14.3. The van der Waals surface area contributed by atoms with Gasteiger partial charge in [0.05, 0.1) is 0 Å². The van der Waals surface area contributed by atoms with Crippen LogP contribution >= 0.6 is 0 Å². The summed E-state index contributed by atoms with van der Waals surface area (Å²) in [5.74, 6) is 1.74. The summed E-state index contributed by atoms with van der Waals surface area (Å²) in [4.78, 5) is 5.15. The SMILES string of the molecule is CNCC1(CN2CC(C)C(N(C)C)C2)CCC(C)CC1. The molecule has 20 heavy (non-hydrogen) atoms. The van der Waals surface area contributed by atoms with Crippen LogP contribution in [0.1, 0.15) is 39.5 Å². The van der Waals surface area contributed by atoms with Gasteiger partial charge < -0.3 is 15.1 Å². The summed E-state index contributed by atoms with van der Waals surface area (Å²) in [6.45, 7) is 9.87. The average Bonchev–Trinajstić information content (AvgIpc) is 2.74. The van der Waals surface area contributed by atoms with Crippen LogP contribution in [0.5, 0.6) is 0 Å². The van der Waals surface area contributed by atoms with E-state index in [4.69, 9.17) is 0 Å². The van der Waals surface area contributed by atoms with Crippen LogP contribution in [0.4, 0.5) is 0 Å². The maximum atomic E-state index is 3.48. The van der Waals surface area contributed by atoms with Crippen LogP contribution in [-0.2, 0) is 0 Å². The molecule has 0 bridgehead atoms. The first kappa shape index (κ1) is 16.3. The third-order valence-electron chi connectivity index (χ3n) is 5.76. The Labute approximate surface area is 126 Å². The van der Waals surface area contributed by atoms with Gasteiger partial charge in [-0.05, 0) is 51.2 Å². The Bertz CT molecular complexity index is 295. The number of likely N-dealkylation sites (tertiary alicyclic amines) is 1. The van der Waals surface area contributed by atoms with Crippen molar-refractivity contribution in [2.24, 2.45) is 17.3 Å². The van der Waals surface area contributed by atoms with Gasteiger partial charge in [0, 0.05) is 32.2 Å². The molecule has 0 radical (unpaired) electrons. The van der Waals surface area contributed by atoms with E-state index in [1.54, 1.807) is 0 Å². The molecule has 2 rings (SSSR count). The predicted octanol–water partition coefficient (Wildman–Crippen LogP) is 2.28. The van der Waals surface area contributed by atoms with E-state index in [0.29, 0.717) is 5.41 Å². The topological polar surface area (TPSA) is 18.5 Å². The number of nitrogens with one attached hydrogen (secondary N) is 1. The van der Waals surface area contributed by atoms with E-state index < -0.39 is 0 Å². The highest BCUT2D eigenvalue weighted by Crippen LogP contribution is 2.40. The van der Waals surface area contributed by atoms with Gasteiger partial charge in [0.2, 0.25) is 0 Å². The highest BCUT2D eigenvalue weighted by Gasteiger charge is 2.39. The maximum Gasteiger partial charge on any atom is 0.0254 e. The van der Waals surface area contributed by atoms with Gasteiger partial charge in [0.1, 0.15) is 0 Å². The van der Waals surface area contributed by atoms with E-state index in [1.165, 1.54) is 51.9 Å². The van der Waals surface area contributed by atoms with Crippen LogP contribution in [0.15, 0.2) is 0 Å². The minimum atomic E-state index is 0.530. The minimum Gasteiger partial charge on any atom is -0.319 e. The molecule has 0 amide bonds. The standard InChI is InChI=1S/C17H35N3/c1-14-6-8-17(9-7-14,12-18-3)13-20-10-15(2)16(11-20)19(4)5/h14-16,18H,6-13H2,1-5H3. The molecule has 2 fully saturated rings. The smallest absolute Gasteiger partial charge is 0.0254 e. The van der Waals surface area contributed by atoms with Crippen molar-refractivity contribution in [3.63, 3.8) is 0 Å². The Balaban J connectivity index is 1.95. The summed E-state index contributed by atoms with van der Waals surface area (Å²) in [6, 6.07) is 0.740. The molecule has 2 atom stereocenters. The fraction of sp³-hybridized carbons (Fsp3) is 1.00. The van der Waals surface area contributed by atoms with Crippen molar-refractivity contribution >= 4 is 0 Å². The van der Waals surface area contributed by atoms with Gasteiger partial charge in [-0.3, -0.25) is 0 Å². The zero-order chi connectivity index (χ0) is 14.8. The van der Waals surface area contributed by atoms with Crippen molar-refractivity contribution in [2.75, 3.05) is 47.3 Å². The van der Waals surface area contributed by atoms with Crippen molar-refractivity contribution in [3.8, 4) is 0 Å². The lowest BCUT2D eigenvalue weighted by Gasteiger charge is -2.42. The molecule has 0 aromatic heterocycles. The van der Waals surface area contributed by atoms with Crippen LogP contribution in [0, 0.1) is 17.3 Å². The zero-order valence-electron chi connectivity index (χ0n) is 14.3. The lowest BCUT2D eigenvalue weighted by molar-refractivity contribution is 0.0963. The Morgan fingerprint density at radius 3 is 2.30 bits per heavy atom. The average molecular weight is 281 g/mol. The molecule has 3 nitrogen and oxygen atoms in total. The van der Waals surface area contributed by atoms with Gasteiger partial charge in [-0.1, -0.05) is 26.7 Å². The monoisotopic (exact) mass is 281 g/mol. The highest BCUT2D eigenvalue weighted by atomic mass is 15.2. The molecule has 1 heterocycles. The van der Waals surface area contributed by atoms with Crippen molar-refractivity contribution < 1.29 is 0 Å². The molecular weight excluding hydrogens is 246 g/mol. The second-order valence-corrected chi connectivity index (χ2v) is 7.92. The van der Waals surface area contributed by atoms with E-state index in [-0.39, 0.29) is 0 Å². The van der Waals surface area contributed by atoms with Gasteiger partial charge >= 0.3 is 0 Å². The van der Waals surface area contributed by atoms with Gasteiger partial charge in [0.15, 0.2) is 0 Å². The van der Waals surface area contributed by atoms with E-state index in [9.17, 15) is 0 Å². The van der Waals surface area contributed by atoms with Crippen LogP contribution in [0.2, 0.25) is 0 Å². The predicted molar refractivity (Wildman–Crippen MR) is 87.1 cm³/mol. The molecule has 0 aromatic carbocycles. The third kappa shape index (κ3) is 3.75. The Morgan fingerprint density at radius 2 is 1.80 bits per heavy atom. The van der Waals surface area contributed by atoms with Gasteiger partial charge in [-0.2, -0.15) is 0 Å². The molecule has 3 heteroatoms. The number of hydrogen-bond acceptors (Lipinski definition) is 3.